The average Bonchev–Trinajstić information content (AvgIpc) is 2.16. The Hall–Kier alpha value is -1.63. The van der Waals surface area contributed by atoms with Crippen molar-refractivity contribution in [2.45, 2.75) is 19.3 Å². The zero-order valence-electron chi connectivity index (χ0n) is 8.34. The zero-order chi connectivity index (χ0) is 11.3. The van der Waals surface area contributed by atoms with E-state index in [1.807, 2.05) is 6.07 Å². The molecule has 0 saturated heterocycles. The van der Waals surface area contributed by atoms with E-state index in [1.54, 1.807) is 24.3 Å². The van der Waals surface area contributed by atoms with Gasteiger partial charge in [0.25, 0.3) is 5.92 Å². The van der Waals surface area contributed by atoms with Gasteiger partial charge in [0.1, 0.15) is 5.75 Å². The largest absolute Gasteiger partial charge is 0.487 e. The Kier molecular flexibility index (Phi) is 3.62. The highest BCUT2D eigenvalue weighted by Crippen LogP contribution is 2.17. The number of hydrogen-bond acceptors (Lipinski definition) is 2. The van der Waals surface area contributed by atoms with Crippen LogP contribution in [0.5, 0.6) is 5.75 Å². The highest BCUT2D eigenvalue weighted by molar-refractivity contribution is 5.28. The van der Waals surface area contributed by atoms with Gasteiger partial charge in [-0.1, -0.05) is 12.1 Å². The molecule has 0 unspecified atom stereocenters. The van der Waals surface area contributed by atoms with Crippen molar-refractivity contribution in [2.24, 2.45) is 0 Å². The van der Waals surface area contributed by atoms with E-state index in [-0.39, 0.29) is 0 Å². The van der Waals surface area contributed by atoms with Crippen LogP contribution in [0.2, 0.25) is 0 Å². The Bertz CT molecular complexity index is 348. The fourth-order valence-corrected chi connectivity index (χ4v) is 1.00. The topological polar surface area (TPSA) is 33.0 Å². The second-order valence-corrected chi connectivity index (χ2v) is 3.34. The normalized spacial score (nSPS) is 10.8. The van der Waals surface area contributed by atoms with Gasteiger partial charge in [0.05, 0.1) is 12.5 Å². The first kappa shape index (κ1) is 11.4. The van der Waals surface area contributed by atoms with Gasteiger partial charge in [-0.25, -0.2) is 8.78 Å². The number of rotatable bonds is 4. The maximum absolute atomic E-state index is 12.4. The van der Waals surface area contributed by atoms with E-state index < -0.39 is 12.5 Å². The second-order valence-electron chi connectivity index (χ2n) is 3.34. The lowest BCUT2D eigenvalue weighted by molar-refractivity contribution is -0.0229. The predicted octanol–water partition coefficient (Wildman–Crippen LogP) is 2.79. The molecule has 0 aliphatic heterocycles. The Morgan fingerprint density at radius 1 is 1.33 bits per heavy atom. The van der Waals surface area contributed by atoms with E-state index >= 15 is 0 Å². The Morgan fingerprint density at radius 3 is 2.40 bits per heavy atom. The van der Waals surface area contributed by atoms with Crippen molar-refractivity contribution in [2.75, 3.05) is 6.61 Å². The van der Waals surface area contributed by atoms with Crippen LogP contribution in [0.1, 0.15) is 12.5 Å². The molecule has 0 bridgehead atoms. The molecule has 0 atom stereocenters. The summed E-state index contributed by atoms with van der Waals surface area (Å²) in [5, 5.41) is 8.42. The molecule has 0 saturated carbocycles. The first-order valence-electron chi connectivity index (χ1n) is 4.48. The summed E-state index contributed by atoms with van der Waals surface area (Å²) in [6.45, 7) is 0.168. The summed E-state index contributed by atoms with van der Waals surface area (Å²) in [5.74, 6) is -2.44. The van der Waals surface area contributed by atoms with Gasteiger partial charge >= 0.3 is 0 Å². The molecule has 0 fully saturated rings. The third-order valence-electron chi connectivity index (χ3n) is 1.70. The van der Waals surface area contributed by atoms with E-state index in [4.69, 9.17) is 10.00 Å². The number of nitriles is 1. The predicted molar refractivity (Wildman–Crippen MR) is 51.9 cm³/mol. The van der Waals surface area contributed by atoms with Gasteiger partial charge in [-0.05, 0) is 17.7 Å². The summed E-state index contributed by atoms with van der Waals surface area (Å²) in [4.78, 5) is 0. The van der Waals surface area contributed by atoms with Crippen molar-refractivity contribution >= 4 is 0 Å². The van der Waals surface area contributed by atoms with Crippen LogP contribution in [0.3, 0.4) is 0 Å². The number of hydrogen-bond donors (Lipinski definition) is 0. The minimum absolute atomic E-state index is 0.310. The van der Waals surface area contributed by atoms with Crippen molar-refractivity contribution < 1.29 is 13.5 Å². The number of halogens is 2. The van der Waals surface area contributed by atoms with Gasteiger partial charge in [-0.3, -0.25) is 0 Å². The molecule has 0 N–H and O–H groups in total. The molecule has 1 rings (SSSR count). The fraction of sp³-hybridized carbons (Fsp3) is 0.364. The molecular formula is C11H11F2NO. The third-order valence-corrected chi connectivity index (χ3v) is 1.70. The van der Waals surface area contributed by atoms with Crippen molar-refractivity contribution in [3.05, 3.63) is 29.8 Å². The van der Waals surface area contributed by atoms with Gasteiger partial charge in [0.15, 0.2) is 6.61 Å². The Labute approximate surface area is 87.1 Å². The van der Waals surface area contributed by atoms with Crippen molar-refractivity contribution in [1.29, 1.82) is 5.26 Å². The molecular weight excluding hydrogens is 200 g/mol. The lowest BCUT2D eigenvalue weighted by Crippen LogP contribution is -2.20. The van der Waals surface area contributed by atoms with Crippen LogP contribution in [0.4, 0.5) is 8.78 Å². The van der Waals surface area contributed by atoms with Gasteiger partial charge in [-0.15, -0.1) is 0 Å². The van der Waals surface area contributed by atoms with E-state index in [1.165, 1.54) is 0 Å². The van der Waals surface area contributed by atoms with Crippen LogP contribution in [0.15, 0.2) is 24.3 Å². The van der Waals surface area contributed by atoms with Crippen LogP contribution in [-0.2, 0) is 6.42 Å². The van der Waals surface area contributed by atoms with E-state index in [0.717, 1.165) is 12.5 Å². The van der Waals surface area contributed by atoms with Crippen LogP contribution in [-0.4, -0.2) is 12.5 Å². The molecule has 0 radical (unpaired) electrons. The van der Waals surface area contributed by atoms with Crippen molar-refractivity contribution in [3.8, 4) is 11.8 Å². The molecule has 1 aromatic carbocycles. The third kappa shape index (κ3) is 4.41. The van der Waals surface area contributed by atoms with E-state index in [0.29, 0.717) is 12.2 Å². The Balaban J connectivity index is 2.54. The van der Waals surface area contributed by atoms with Crippen LogP contribution < -0.4 is 4.74 Å². The van der Waals surface area contributed by atoms with Gasteiger partial charge in [0, 0.05) is 6.92 Å². The van der Waals surface area contributed by atoms with E-state index in [2.05, 4.69) is 0 Å². The van der Waals surface area contributed by atoms with Gasteiger partial charge in [-0.2, -0.15) is 5.26 Å². The highest BCUT2D eigenvalue weighted by atomic mass is 19.3. The summed E-state index contributed by atoms with van der Waals surface area (Å²) in [7, 11) is 0. The quantitative estimate of drug-likeness (QED) is 0.767. The number of nitrogens with zero attached hydrogens (tertiary/aromatic N) is 1. The van der Waals surface area contributed by atoms with E-state index in [9.17, 15) is 8.78 Å². The standard InChI is InChI=1S/C11H11F2NO/c1-11(12,13)8-15-10-4-2-9(3-5-10)6-7-14/h2-5H,6,8H2,1H3. The molecule has 0 aromatic heterocycles. The van der Waals surface area contributed by atoms with Crippen LogP contribution in [0, 0.1) is 11.3 Å². The monoisotopic (exact) mass is 211 g/mol. The summed E-state index contributed by atoms with van der Waals surface area (Å²) >= 11 is 0. The molecule has 0 amide bonds. The molecule has 1 aromatic rings. The minimum atomic E-state index is -2.83. The first-order chi connectivity index (χ1) is 7.01. The van der Waals surface area contributed by atoms with Crippen molar-refractivity contribution in [1.82, 2.24) is 0 Å². The second kappa shape index (κ2) is 4.74. The maximum atomic E-state index is 12.4. The number of ether oxygens (including phenoxy) is 1. The van der Waals surface area contributed by atoms with Gasteiger partial charge < -0.3 is 4.74 Å². The number of alkyl halides is 2. The minimum Gasteiger partial charge on any atom is -0.487 e. The van der Waals surface area contributed by atoms with Crippen molar-refractivity contribution in [3.63, 3.8) is 0 Å². The molecule has 15 heavy (non-hydrogen) atoms. The maximum Gasteiger partial charge on any atom is 0.278 e. The molecule has 2 nitrogen and oxygen atoms in total. The Morgan fingerprint density at radius 2 is 1.93 bits per heavy atom. The molecule has 0 spiro atoms. The lowest BCUT2D eigenvalue weighted by Gasteiger charge is -2.11. The fourth-order valence-electron chi connectivity index (χ4n) is 1.00. The number of benzene rings is 1. The van der Waals surface area contributed by atoms with Crippen LogP contribution in [0.25, 0.3) is 0 Å². The van der Waals surface area contributed by atoms with Crippen LogP contribution >= 0.6 is 0 Å². The zero-order valence-corrected chi connectivity index (χ0v) is 8.34. The molecule has 4 heteroatoms. The molecule has 80 valence electrons. The van der Waals surface area contributed by atoms with Gasteiger partial charge in [0.2, 0.25) is 0 Å². The SMILES string of the molecule is CC(F)(F)COc1ccc(CC#N)cc1. The first-order valence-corrected chi connectivity index (χ1v) is 4.48. The lowest BCUT2D eigenvalue weighted by atomic mass is 10.2. The molecule has 0 heterocycles. The summed E-state index contributed by atoms with van der Waals surface area (Å²) in [6, 6.07) is 8.54. The summed E-state index contributed by atoms with van der Waals surface area (Å²) in [5.41, 5.74) is 0.841. The summed E-state index contributed by atoms with van der Waals surface area (Å²) < 4.78 is 29.8. The molecule has 0 aliphatic carbocycles. The average molecular weight is 211 g/mol. The smallest absolute Gasteiger partial charge is 0.278 e. The summed E-state index contributed by atoms with van der Waals surface area (Å²) in [6.07, 6.45) is 0.310. The molecule has 0 aliphatic rings. The highest BCUT2D eigenvalue weighted by Gasteiger charge is 2.21.